The van der Waals surface area contributed by atoms with Gasteiger partial charge in [-0.3, -0.25) is 0 Å². The van der Waals surface area contributed by atoms with Gasteiger partial charge in [-0.25, -0.2) is 9.80 Å². The summed E-state index contributed by atoms with van der Waals surface area (Å²) in [7, 11) is 3.04. The zero-order chi connectivity index (χ0) is 13.1. The highest BCUT2D eigenvalue weighted by molar-refractivity contribution is 4.93. The Labute approximate surface area is 101 Å². The van der Waals surface area contributed by atoms with Crippen LogP contribution in [0.5, 0.6) is 0 Å². The Morgan fingerprint density at radius 2 is 1.29 bits per heavy atom. The lowest BCUT2D eigenvalue weighted by atomic mass is 10.1. The summed E-state index contributed by atoms with van der Waals surface area (Å²) in [5.74, 6) is 0. The van der Waals surface area contributed by atoms with Gasteiger partial charge in [0, 0.05) is 39.4 Å². The van der Waals surface area contributed by atoms with E-state index in [1.165, 1.54) is 24.0 Å². The molecule has 6 heteroatoms. The third-order valence-corrected chi connectivity index (χ3v) is 3.45. The zero-order valence-electron chi connectivity index (χ0n) is 10.9. The summed E-state index contributed by atoms with van der Waals surface area (Å²) < 4.78 is 38.1. The van der Waals surface area contributed by atoms with Gasteiger partial charge in [0.1, 0.15) is 0 Å². The molecule has 0 bridgehead atoms. The van der Waals surface area contributed by atoms with Crippen molar-refractivity contribution in [3.63, 3.8) is 0 Å². The molecule has 1 aliphatic heterocycles. The first-order valence-electron chi connectivity index (χ1n) is 5.86. The molecule has 102 valence electrons. The van der Waals surface area contributed by atoms with E-state index in [-0.39, 0.29) is 25.2 Å². The molecule has 0 spiro atoms. The van der Waals surface area contributed by atoms with Crippen molar-refractivity contribution in [2.24, 2.45) is 0 Å². The van der Waals surface area contributed by atoms with Crippen molar-refractivity contribution in [2.45, 2.75) is 32.1 Å². The molecule has 0 amide bonds. The average Bonchev–Trinajstić information content (AvgIpc) is 2.43. The Balaban J connectivity index is 2.73. The third kappa shape index (κ3) is 2.93. The van der Waals surface area contributed by atoms with Gasteiger partial charge in [-0.2, -0.15) is 8.78 Å². The third-order valence-electron chi connectivity index (χ3n) is 3.45. The molecule has 0 aromatic carbocycles. The predicted molar refractivity (Wildman–Crippen MR) is 61.0 cm³/mol. The minimum atomic E-state index is -2.92. The van der Waals surface area contributed by atoms with Gasteiger partial charge in [0.2, 0.25) is 0 Å². The summed E-state index contributed by atoms with van der Waals surface area (Å²) in [6.45, 7) is 4.73. The molecule has 1 fully saturated rings. The van der Waals surface area contributed by atoms with Gasteiger partial charge in [0.05, 0.1) is 13.2 Å². The zero-order valence-corrected chi connectivity index (χ0v) is 10.9. The first-order chi connectivity index (χ1) is 7.96. The van der Waals surface area contributed by atoms with Crippen LogP contribution in [-0.4, -0.2) is 68.6 Å². The first-order valence-corrected chi connectivity index (χ1v) is 5.86. The van der Waals surface area contributed by atoms with Crippen molar-refractivity contribution in [1.29, 1.82) is 0 Å². The van der Waals surface area contributed by atoms with Crippen LogP contribution in [0.3, 0.4) is 0 Å². The van der Waals surface area contributed by atoms with E-state index in [0.717, 1.165) is 0 Å². The van der Waals surface area contributed by atoms with E-state index < -0.39 is 6.17 Å². The van der Waals surface area contributed by atoms with E-state index in [9.17, 15) is 8.78 Å². The highest BCUT2D eigenvalue weighted by Crippen LogP contribution is 2.37. The second-order valence-corrected chi connectivity index (χ2v) is 4.36. The minimum Gasteiger partial charge on any atom is -0.383 e. The smallest absolute Gasteiger partial charge is 0.370 e. The maximum Gasteiger partial charge on any atom is 0.370 e. The number of ether oxygens (including phenoxy) is 2. The van der Waals surface area contributed by atoms with E-state index in [2.05, 4.69) is 0 Å². The summed E-state index contributed by atoms with van der Waals surface area (Å²) in [4.78, 5) is 2.38. The van der Waals surface area contributed by atoms with Gasteiger partial charge >= 0.3 is 6.17 Å². The number of nitrogens with zero attached hydrogens (tertiary/aromatic N) is 2. The van der Waals surface area contributed by atoms with Gasteiger partial charge in [-0.05, 0) is 13.8 Å². The van der Waals surface area contributed by atoms with Crippen molar-refractivity contribution >= 4 is 0 Å². The van der Waals surface area contributed by atoms with Crippen LogP contribution in [0.25, 0.3) is 0 Å². The summed E-state index contributed by atoms with van der Waals surface area (Å²) in [5, 5.41) is 0. The second-order valence-electron chi connectivity index (χ2n) is 4.36. The molecule has 1 saturated heterocycles. The molecule has 0 saturated carbocycles. The molecule has 1 heterocycles. The molecule has 2 atom stereocenters. The summed E-state index contributed by atoms with van der Waals surface area (Å²) in [6.07, 6.45) is -2.92. The average molecular weight is 252 g/mol. The highest BCUT2D eigenvalue weighted by Gasteiger charge is 2.55. The molecular formula is C11H22F2N2O2. The molecule has 2 unspecified atom stereocenters. The molecule has 0 aliphatic carbocycles. The van der Waals surface area contributed by atoms with Crippen LogP contribution in [0, 0.1) is 0 Å². The number of halogens is 2. The van der Waals surface area contributed by atoms with E-state index in [0.29, 0.717) is 13.2 Å². The van der Waals surface area contributed by atoms with Crippen LogP contribution in [-0.2, 0) is 9.47 Å². The molecule has 0 radical (unpaired) electrons. The predicted octanol–water partition coefficient (Wildman–Crippen LogP) is 1.22. The Kier molecular flexibility index (Phi) is 5.24. The molecule has 4 nitrogen and oxygen atoms in total. The van der Waals surface area contributed by atoms with Gasteiger partial charge in [0.15, 0.2) is 0 Å². The molecule has 17 heavy (non-hydrogen) atoms. The normalized spacial score (nSPS) is 30.0. The lowest BCUT2D eigenvalue weighted by Gasteiger charge is -2.30. The molecule has 1 rings (SSSR count). The van der Waals surface area contributed by atoms with Gasteiger partial charge in [0.25, 0.3) is 0 Å². The van der Waals surface area contributed by atoms with Crippen molar-refractivity contribution in [1.82, 2.24) is 9.80 Å². The second kappa shape index (κ2) is 6.04. The fourth-order valence-corrected chi connectivity index (χ4v) is 2.23. The van der Waals surface area contributed by atoms with Crippen molar-refractivity contribution in [2.75, 3.05) is 40.5 Å². The van der Waals surface area contributed by atoms with Gasteiger partial charge < -0.3 is 9.47 Å². The summed E-state index contributed by atoms with van der Waals surface area (Å²) in [6, 6.07) is -0.394. The Morgan fingerprint density at radius 3 is 1.59 bits per heavy atom. The monoisotopic (exact) mass is 252 g/mol. The van der Waals surface area contributed by atoms with E-state index in [1.807, 2.05) is 13.8 Å². The Hall–Kier alpha value is -0.300. The van der Waals surface area contributed by atoms with Crippen LogP contribution in [0.15, 0.2) is 0 Å². The van der Waals surface area contributed by atoms with Crippen LogP contribution in [0.1, 0.15) is 13.8 Å². The maximum absolute atomic E-state index is 14.2. The quantitative estimate of drug-likeness (QED) is 0.664. The van der Waals surface area contributed by atoms with Gasteiger partial charge in [-0.1, -0.05) is 0 Å². The molecule has 0 aromatic rings. The number of methoxy groups -OCH3 is 2. The topological polar surface area (TPSA) is 24.9 Å². The summed E-state index contributed by atoms with van der Waals surface area (Å²) in [5.41, 5.74) is 0. The highest BCUT2D eigenvalue weighted by atomic mass is 19.3. The number of rotatable bonds is 6. The van der Waals surface area contributed by atoms with Crippen LogP contribution in [0.4, 0.5) is 8.78 Å². The molecule has 0 aromatic heterocycles. The number of hydrogen-bond acceptors (Lipinski definition) is 4. The minimum absolute atomic E-state index is 0.197. The Bertz CT molecular complexity index is 220. The molecule has 1 aliphatic rings. The lowest BCUT2D eigenvalue weighted by molar-refractivity contribution is -0.222. The van der Waals surface area contributed by atoms with Crippen LogP contribution < -0.4 is 0 Å². The van der Waals surface area contributed by atoms with Gasteiger partial charge in [-0.15, -0.1) is 0 Å². The van der Waals surface area contributed by atoms with E-state index >= 15 is 0 Å². The van der Waals surface area contributed by atoms with Crippen LogP contribution in [0.2, 0.25) is 0 Å². The standard InChI is InChI=1S/C11H22F2N2O2/c1-9-10(2)15(6-8-17-4)11(12,13)14(9)5-7-16-3/h9-10H,5-8H2,1-4H3. The van der Waals surface area contributed by atoms with E-state index in [1.54, 1.807) is 0 Å². The number of hydrogen-bond donors (Lipinski definition) is 0. The SMILES string of the molecule is COCCN1C(C)C(C)N(CCOC)C1(F)F. The fraction of sp³-hybridized carbons (Fsp3) is 1.00. The van der Waals surface area contributed by atoms with Crippen molar-refractivity contribution in [3.05, 3.63) is 0 Å². The first kappa shape index (κ1) is 14.8. The fourth-order valence-electron chi connectivity index (χ4n) is 2.23. The molecular weight excluding hydrogens is 230 g/mol. The molecule has 0 N–H and O–H groups in total. The number of alkyl halides is 2. The lowest BCUT2D eigenvalue weighted by Crippen LogP contribution is -2.49. The van der Waals surface area contributed by atoms with Crippen molar-refractivity contribution in [3.8, 4) is 0 Å². The Morgan fingerprint density at radius 1 is 0.941 bits per heavy atom. The van der Waals surface area contributed by atoms with Crippen molar-refractivity contribution < 1.29 is 18.3 Å². The van der Waals surface area contributed by atoms with E-state index in [4.69, 9.17) is 9.47 Å². The van der Waals surface area contributed by atoms with Crippen LogP contribution >= 0.6 is 0 Å². The largest absolute Gasteiger partial charge is 0.383 e. The maximum atomic E-state index is 14.2. The summed E-state index contributed by atoms with van der Waals surface area (Å²) >= 11 is 0.